The minimum absolute atomic E-state index is 0.0779. The molecule has 2 aromatic carbocycles. The Labute approximate surface area is 177 Å². The van der Waals surface area contributed by atoms with Gasteiger partial charge in [-0.1, -0.05) is 59.3 Å². The smallest absolute Gasteiger partial charge is 0.410 e. The van der Waals surface area contributed by atoms with Gasteiger partial charge in [0.1, 0.15) is 5.60 Å². The zero-order valence-electron chi connectivity index (χ0n) is 17.3. The van der Waals surface area contributed by atoms with E-state index in [4.69, 9.17) is 4.74 Å². The van der Waals surface area contributed by atoms with Crippen molar-refractivity contribution in [3.8, 4) is 0 Å². The lowest BCUT2D eigenvalue weighted by molar-refractivity contribution is 0.0180. The fourth-order valence-corrected chi connectivity index (χ4v) is 4.23. The van der Waals surface area contributed by atoms with Crippen molar-refractivity contribution < 1.29 is 9.53 Å². The van der Waals surface area contributed by atoms with Crippen molar-refractivity contribution in [2.24, 2.45) is 0 Å². The molecule has 1 aliphatic rings. The van der Waals surface area contributed by atoms with Crippen LogP contribution in [0, 0.1) is 0 Å². The summed E-state index contributed by atoms with van der Waals surface area (Å²) in [5.41, 5.74) is 3.44. The molecule has 0 aliphatic carbocycles. The molecule has 1 heterocycles. The van der Waals surface area contributed by atoms with Crippen molar-refractivity contribution in [2.45, 2.75) is 58.0 Å². The normalized spacial score (nSPS) is 16.7. The maximum absolute atomic E-state index is 12.5. The molecule has 0 radical (unpaired) electrons. The zero-order valence-corrected chi connectivity index (χ0v) is 18.9. The summed E-state index contributed by atoms with van der Waals surface area (Å²) in [5.74, 6) is 0. The molecule has 1 saturated heterocycles. The maximum Gasteiger partial charge on any atom is 0.410 e. The molecule has 3 nitrogen and oxygen atoms in total. The quantitative estimate of drug-likeness (QED) is 0.554. The molecule has 1 aliphatic heterocycles. The Hall–Kier alpha value is -1.81. The number of amides is 1. The van der Waals surface area contributed by atoms with Crippen LogP contribution in [0.15, 0.2) is 53.0 Å². The number of nitrogens with zero attached hydrogens (tertiary/aromatic N) is 1. The molecule has 4 heteroatoms. The summed E-state index contributed by atoms with van der Waals surface area (Å²) in [4.78, 5) is 14.4. The summed E-state index contributed by atoms with van der Waals surface area (Å²) in [5, 5.41) is 0. The Morgan fingerprint density at radius 3 is 1.96 bits per heavy atom. The third-order valence-corrected chi connectivity index (χ3v) is 6.11. The Bertz CT molecular complexity index is 798. The average molecular weight is 444 g/mol. The maximum atomic E-state index is 12.5. The number of carbonyl (C=O) groups excluding carboxylic acids is 1. The van der Waals surface area contributed by atoms with E-state index in [1.165, 1.54) is 16.7 Å². The lowest BCUT2D eigenvalue weighted by atomic mass is 9.68. The molecule has 0 unspecified atom stereocenters. The first-order valence-electron chi connectivity index (χ1n) is 10.1. The van der Waals surface area contributed by atoms with Crippen LogP contribution in [0.3, 0.4) is 0 Å². The molecular formula is C24H30BrNO2. The summed E-state index contributed by atoms with van der Waals surface area (Å²) < 4.78 is 6.67. The Morgan fingerprint density at radius 2 is 1.50 bits per heavy atom. The SMILES string of the molecule is CCc1ccc(C2(c3ccc(Br)cc3)CCN(C(=O)OC(C)(C)C)CC2)cc1. The molecule has 28 heavy (non-hydrogen) atoms. The van der Waals surface area contributed by atoms with Crippen molar-refractivity contribution >= 4 is 22.0 Å². The molecule has 0 aromatic heterocycles. The van der Waals surface area contributed by atoms with E-state index in [1.54, 1.807) is 0 Å². The number of ether oxygens (including phenoxy) is 1. The van der Waals surface area contributed by atoms with E-state index in [-0.39, 0.29) is 11.5 Å². The van der Waals surface area contributed by atoms with Crippen LogP contribution in [-0.2, 0) is 16.6 Å². The number of aryl methyl sites for hydroxylation is 1. The van der Waals surface area contributed by atoms with Crippen molar-refractivity contribution in [3.05, 3.63) is 69.7 Å². The minimum atomic E-state index is -0.465. The lowest BCUT2D eigenvalue weighted by Crippen LogP contribution is -2.47. The van der Waals surface area contributed by atoms with E-state index in [0.717, 1.165) is 23.7 Å². The van der Waals surface area contributed by atoms with Gasteiger partial charge in [-0.3, -0.25) is 0 Å². The molecule has 0 bridgehead atoms. The summed E-state index contributed by atoms with van der Waals surface area (Å²) in [7, 11) is 0. The van der Waals surface area contributed by atoms with Crippen molar-refractivity contribution in [2.75, 3.05) is 13.1 Å². The molecule has 0 N–H and O–H groups in total. The van der Waals surface area contributed by atoms with E-state index >= 15 is 0 Å². The highest BCUT2D eigenvalue weighted by Gasteiger charge is 2.39. The van der Waals surface area contributed by atoms with E-state index in [0.29, 0.717) is 13.1 Å². The van der Waals surface area contributed by atoms with Gasteiger partial charge < -0.3 is 9.64 Å². The predicted octanol–water partition coefficient (Wildman–Crippen LogP) is 6.33. The molecule has 0 atom stereocenters. The molecule has 2 aromatic rings. The van der Waals surface area contributed by atoms with E-state index in [2.05, 4.69) is 71.4 Å². The van der Waals surface area contributed by atoms with Gasteiger partial charge in [-0.05, 0) is 68.9 Å². The number of halogens is 1. The minimum Gasteiger partial charge on any atom is -0.444 e. The third kappa shape index (κ3) is 4.60. The summed E-state index contributed by atoms with van der Waals surface area (Å²) in [6, 6.07) is 17.6. The second-order valence-electron chi connectivity index (χ2n) is 8.61. The molecule has 1 fully saturated rings. The highest BCUT2D eigenvalue weighted by Crippen LogP contribution is 2.42. The molecule has 3 rings (SSSR count). The number of rotatable bonds is 3. The van der Waals surface area contributed by atoms with E-state index in [1.807, 2.05) is 25.7 Å². The van der Waals surface area contributed by atoms with Gasteiger partial charge in [0, 0.05) is 23.0 Å². The number of carbonyl (C=O) groups is 1. The summed E-state index contributed by atoms with van der Waals surface area (Å²) >= 11 is 3.55. The third-order valence-electron chi connectivity index (χ3n) is 5.58. The van der Waals surface area contributed by atoms with E-state index < -0.39 is 5.60 Å². The van der Waals surface area contributed by atoms with Crippen LogP contribution in [0.1, 0.15) is 57.2 Å². The van der Waals surface area contributed by atoms with Crippen LogP contribution < -0.4 is 0 Å². The van der Waals surface area contributed by atoms with Crippen LogP contribution in [0.2, 0.25) is 0 Å². The molecular weight excluding hydrogens is 414 g/mol. The number of piperidine rings is 1. The first kappa shape index (κ1) is 20.9. The van der Waals surface area contributed by atoms with Crippen LogP contribution in [0.4, 0.5) is 4.79 Å². The average Bonchev–Trinajstić information content (AvgIpc) is 2.67. The molecule has 0 saturated carbocycles. The number of likely N-dealkylation sites (tertiary alicyclic amines) is 1. The second-order valence-corrected chi connectivity index (χ2v) is 9.52. The van der Waals surface area contributed by atoms with Gasteiger partial charge >= 0.3 is 6.09 Å². The molecule has 150 valence electrons. The molecule has 0 spiro atoms. The number of hydrogen-bond acceptors (Lipinski definition) is 2. The van der Waals surface area contributed by atoms with Crippen LogP contribution in [0.25, 0.3) is 0 Å². The highest BCUT2D eigenvalue weighted by molar-refractivity contribution is 9.10. The Morgan fingerprint density at radius 1 is 1.00 bits per heavy atom. The fraction of sp³-hybridized carbons (Fsp3) is 0.458. The first-order chi connectivity index (χ1) is 13.2. The van der Waals surface area contributed by atoms with Gasteiger partial charge in [-0.25, -0.2) is 4.79 Å². The van der Waals surface area contributed by atoms with Gasteiger partial charge in [0.2, 0.25) is 0 Å². The van der Waals surface area contributed by atoms with Gasteiger partial charge in [-0.2, -0.15) is 0 Å². The van der Waals surface area contributed by atoms with Crippen LogP contribution in [-0.4, -0.2) is 29.7 Å². The number of benzene rings is 2. The first-order valence-corrected chi connectivity index (χ1v) is 10.9. The summed E-state index contributed by atoms with van der Waals surface area (Å²) in [6.07, 6.45) is 2.61. The van der Waals surface area contributed by atoms with Crippen LogP contribution >= 0.6 is 15.9 Å². The Balaban J connectivity index is 1.89. The van der Waals surface area contributed by atoms with Crippen LogP contribution in [0.5, 0.6) is 0 Å². The standard InChI is InChI=1S/C24H30BrNO2/c1-5-18-6-8-19(9-7-18)24(20-10-12-21(25)13-11-20)14-16-26(17-15-24)22(27)28-23(2,3)4/h6-13H,5,14-17H2,1-4H3. The summed E-state index contributed by atoms with van der Waals surface area (Å²) in [6.45, 7) is 9.31. The predicted molar refractivity (Wildman–Crippen MR) is 118 cm³/mol. The largest absolute Gasteiger partial charge is 0.444 e. The fourth-order valence-electron chi connectivity index (χ4n) is 3.97. The Kier molecular flexibility index (Phi) is 6.18. The van der Waals surface area contributed by atoms with Gasteiger partial charge in [0.25, 0.3) is 0 Å². The van der Waals surface area contributed by atoms with Crippen molar-refractivity contribution in [3.63, 3.8) is 0 Å². The lowest BCUT2D eigenvalue weighted by Gasteiger charge is -2.43. The van der Waals surface area contributed by atoms with Gasteiger partial charge in [-0.15, -0.1) is 0 Å². The van der Waals surface area contributed by atoms with Crippen molar-refractivity contribution in [1.29, 1.82) is 0 Å². The monoisotopic (exact) mass is 443 g/mol. The van der Waals surface area contributed by atoms with Crippen molar-refractivity contribution in [1.82, 2.24) is 4.90 Å². The van der Waals surface area contributed by atoms with Gasteiger partial charge in [0.15, 0.2) is 0 Å². The molecule has 1 amide bonds. The topological polar surface area (TPSA) is 29.5 Å². The van der Waals surface area contributed by atoms with Gasteiger partial charge in [0.05, 0.1) is 0 Å². The highest BCUT2D eigenvalue weighted by atomic mass is 79.9. The second kappa shape index (κ2) is 8.28. The van der Waals surface area contributed by atoms with E-state index in [9.17, 15) is 4.79 Å². The zero-order chi connectivity index (χ0) is 20.4. The number of hydrogen-bond donors (Lipinski definition) is 0.